The molecule has 1 fully saturated rings. The lowest BCUT2D eigenvalue weighted by Crippen LogP contribution is -2.29. The normalized spacial score (nSPS) is 22.2. The van der Waals surface area contributed by atoms with E-state index in [1.54, 1.807) is 7.11 Å². The first kappa shape index (κ1) is 14.5. The Bertz CT molecular complexity index is 502. The minimum Gasteiger partial charge on any atom is -0.483 e. The minimum atomic E-state index is -0.529. The SMILES string of the molecule is COC1CCCC(Oc2ccc(C=O)cc2[N+](=O)[O-])C1. The molecule has 1 aliphatic rings. The fourth-order valence-electron chi connectivity index (χ4n) is 2.45. The van der Waals surface area contributed by atoms with Crippen molar-refractivity contribution in [1.29, 1.82) is 0 Å². The zero-order valence-electron chi connectivity index (χ0n) is 11.3. The van der Waals surface area contributed by atoms with Gasteiger partial charge in [-0.05, 0) is 31.4 Å². The van der Waals surface area contributed by atoms with Gasteiger partial charge in [0.15, 0.2) is 5.75 Å². The van der Waals surface area contributed by atoms with Crippen LogP contribution in [0.15, 0.2) is 18.2 Å². The quantitative estimate of drug-likeness (QED) is 0.470. The summed E-state index contributed by atoms with van der Waals surface area (Å²) in [5, 5.41) is 11.0. The molecule has 0 heterocycles. The molecule has 6 heteroatoms. The molecule has 2 atom stereocenters. The van der Waals surface area contributed by atoms with Gasteiger partial charge in [0.1, 0.15) is 12.4 Å². The molecule has 1 saturated carbocycles. The molecule has 20 heavy (non-hydrogen) atoms. The van der Waals surface area contributed by atoms with Crippen LogP contribution in [-0.4, -0.2) is 30.5 Å². The summed E-state index contributed by atoms with van der Waals surface area (Å²) in [6.45, 7) is 0. The monoisotopic (exact) mass is 279 g/mol. The van der Waals surface area contributed by atoms with Crippen molar-refractivity contribution in [1.82, 2.24) is 0 Å². The highest BCUT2D eigenvalue weighted by Gasteiger charge is 2.26. The molecule has 0 N–H and O–H groups in total. The maximum absolute atomic E-state index is 11.0. The highest BCUT2D eigenvalue weighted by atomic mass is 16.6. The third-order valence-electron chi connectivity index (χ3n) is 3.52. The van der Waals surface area contributed by atoms with E-state index in [0.717, 1.165) is 25.7 Å². The van der Waals surface area contributed by atoms with Crippen molar-refractivity contribution in [2.24, 2.45) is 0 Å². The number of benzene rings is 1. The van der Waals surface area contributed by atoms with E-state index in [-0.39, 0.29) is 29.2 Å². The number of nitro groups is 1. The Morgan fingerprint density at radius 2 is 2.10 bits per heavy atom. The molecule has 2 rings (SSSR count). The maximum atomic E-state index is 11.0. The highest BCUT2D eigenvalue weighted by Crippen LogP contribution is 2.32. The number of nitro benzene ring substituents is 1. The average Bonchev–Trinajstić information content (AvgIpc) is 2.47. The van der Waals surface area contributed by atoms with Gasteiger partial charge in [-0.3, -0.25) is 14.9 Å². The number of carbonyl (C=O) groups is 1. The fraction of sp³-hybridized carbons (Fsp3) is 0.500. The summed E-state index contributed by atoms with van der Waals surface area (Å²) in [4.78, 5) is 21.2. The van der Waals surface area contributed by atoms with Crippen molar-refractivity contribution < 1.29 is 19.2 Å². The Kier molecular flexibility index (Phi) is 4.68. The molecule has 0 aromatic heterocycles. The van der Waals surface area contributed by atoms with E-state index in [1.807, 2.05) is 0 Å². The molecule has 2 unspecified atom stereocenters. The van der Waals surface area contributed by atoms with Crippen LogP contribution in [0.1, 0.15) is 36.0 Å². The van der Waals surface area contributed by atoms with E-state index in [4.69, 9.17) is 9.47 Å². The lowest BCUT2D eigenvalue weighted by atomic mass is 9.95. The molecule has 108 valence electrons. The van der Waals surface area contributed by atoms with Gasteiger partial charge < -0.3 is 9.47 Å². The van der Waals surface area contributed by atoms with E-state index >= 15 is 0 Å². The number of hydrogen-bond donors (Lipinski definition) is 0. The van der Waals surface area contributed by atoms with Crippen molar-refractivity contribution in [2.75, 3.05) is 7.11 Å². The van der Waals surface area contributed by atoms with Crippen molar-refractivity contribution in [3.8, 4) is 5.75 Å². The summed E-state index contributed by atoms with van der Waals surface area (Å²) in [5.74, 6) is 0.211. The van der Waals surface area contributed by atoms with Crippen LogP contribution in [0.4, 0.5) is 5.69 Å². The minimum absolute atomic E-state index is 0.0884. The smallest absolute Gasteiger partial charge is 0.311 e. The van der Waals surface area contributed by atoms with Crippen molar-refractivity contribution in [2.45, 2.75) is 37.9 Å². The van der Waals surface area contributed by atoms with Gasteiger partial charge in [0.2, 0.25) is 0 Å². The summed E-state index contributed by atoms with van der Waals surface area (Å²) in [7, 11) is 1.66. The van der Waals surface area contributed by atoms with Gasteiger partial charge in [-0.15, -0.1) is 0 Å². The Balaban J connectivity index is 2.16. The van der Waals surface area contributed by atoms with Crippen LogP contribution in [0.2, 0.25) is 0 Å². The summed E-state index contributed by atoms with van der Waals surface area (Å²) in [6, 6.07) is 4.24. The van der Waals surface area contributed by atoms with E-state index in [1.165, 1.54) is 18.2 Å². The van der Waals surface area contributed by atoms with Crippen molar-refractivity contribution >= 4 is 12.0 Å². The van der Waals surface area contributed by atoms with Gasteiger partial charge >= 0.3 is 5.69 Å². The third-order valence-corrected chi connectivity index (χ3v) is 3.52. The van der Waals surface area contributed by atoms with Gasteiger partial charge in [-0.2, -0.15) is 0 Å². The lowest BCUT2D eigenvalue weighted by Gasteiger charge is -2.28. The molecular formula is C14H17NO5. The molecule has 1 aromatic carbocycles. The number of aldehydes is 1. The van der Waals surface area contributed by atoms with Crippen LogP contribution >= 0.6 is 0 Å². The summed E-state index contributed by atoms with van der Waals surface area (Å²) in [6.07, 6.45) is 4.18. The second kappa shape index (κ2) is 6.47. The fourth-order valence-corrected chi connectivity index (χ4v) is 2.45. The van der Waals surface area contributed by atoms with Gasteiger partial charge in [0, 0.05) is 25.2 Å². The second-order valence-electron chi connectivity index (χ2n) is 4.87. The number of hydrogen-bond acceptors (Lipinski definition) is 5. The summed E-state index contributed by atoms with van der Waals surface area (Å²) in [5.41, 5.74) is 0.0941. The lowest BCUT2D eigenvalue weighted by molar-refractivity contribution is -0.386. The third kappa shape index (κ3) is 3.33. The Hall–Kier alpha value is -1.95. The predicted molar refractivity (Wildman–Crippen MR) is 72.2 cm³/mol. The van der Waals surface area contributed by atoms with Crippen molar-refractivity contribution in [3.05, 3.63) is 33.9 Å². The zero-order valence-corrected chi connectivity index (χ0v) is 11.3. The zero-order chi connectivity index (χ0) is 14.5. The summed E-state index contributed by atoms with van der Waals surface area (Å²) < 4.78 is 11.1. The predicted octanol–water partition coefficient (Wildman–Crippen LogP) is 2.74. The van der Waals surface area contributed by atoms with Crippen LogP contribution in [0.3, 0.4) is 0 Å². The summed E-state index contributed by atoms with van der Waals surface area (Å²) >= 11 is 0. The number of nitrogens with zero attached hydrogens (tertiary/aromatic N) is 1. The van der Waals surface area contributed by atoms with Crippen LogP contribution in [0, 0.1) is 10.1 Å². The van der Waals surface area contributed by atoms with Crippen LogP contribution in [0.5, 0.6) is 5.75 Å². The van der Waals surface area contributed by atoms with Gasteiger partial charge in [0.25, 0.3) is 0 Å². The van der Waals surface area contributed by atoms with Gasteiger partial charge in [-0.25, -0.2) is 0 Å². The molecular weight excluding hydrogens is 262 g/mol. The van der Waals surface area contributed by atoms with E-state index in [9.17, 15) is 14.9 Å². The highest BCUT2D eigenvalue weighted by molar-refractivity contribution is 5.77. The Morgan fingerprint density at radius 3 is 2.75 bits per heavy atom. The number of methoxy groups -OCH3 is 1. The molecule has 1 aromatic rings. The molecule has 0 saturated heterocycles. The van der Waals surface area contributed by atoms with Crippen LogP contribution in [0.25, 0.3) is 0 Å². The first-order valence-electron chi connectivity index (χ1n) is 6.57. The topological polar surface area (TPSA) is 78.7 Å². The molecule has 0 radical (unpaired) electrons. The first-order valence-corrected chi connectivity index (χ1v) is 6.57. The number of carbonyl (C=O) groups excluding carboxylic acids is 1. The molecule has 0 amide bonds. The van der Waals surface area contributed by atoms with Crippen LogP contribution in [-0.2, 0) is 4.74 Å². The standard InChI is InChI=1S/C14H17NO5/c1-19-11-3-2-4-12(8-11)20-14-6-5-10(9-16)7-13(14)15(17)18/h5-7,9,11-12H,2-4,8H2,1H3. The average molecular weight is 279 g/mol. The maximum Gasteiger partial charge on any atom is 0.311 e. The first-order chi connectivity index (χ1) is 9.63. The molecule has 0 bridgehead atoms. The van der Waals surface area contributed by atoms with E-state index in [0.29, 0.717) is 6.29 Å². The largest absolute Gasteiger partial charge is 0.483 e. The number of rotatable bonds is 5. The van der Waals surface area contributed by atoms with Gasteiger partial charge in [0.05, 0.1) is 11.0 Å². The Morgan fingerprint density at radius 1 is 1.35 bits per heavy atom. The Labute approximate surface area is 116 Å². The van der Waals surface area contributed by atoms with Gasteiger partial charge in [-0.1, -0.05) is 0 Å². The van der Waals surface area contributed by atoms with Crippen LogP contribution < -0.4 is 4.74 Å². The number of ether oxygens (including phenoxy) is 2. The molecule has 0 aliphatic heterocycles. The second-order valence-corrected chi connectivity index (χ2v) is 4.87. The molecule has 0 spiro atoms. The van der Waals surface area contributed by atoms with E-state index in [2.05, 4.69) is 0 Å². The van der Waals surface area contributed by atoms with E-state index < -0.39 is 4.92 Å². The molecule has 1 aliphatic carbocycles. The molecule has 6 nitrogen and oxygen atoms in total. The van der Waals surface area contributed by atoms with Crippen molar-refractivity contribution in [3.63, 3.8) is 0 Å².